The lowest BCUT2D eigenvalue weighted by molar-refractivity contribution is -0.154. The first-order valence-electron chi connectivity index (χ1n) is 13.0. The van der Waals surface area contributed by atoms with Gasteiger partial charge in [-0.05, 0) is 66.2 Å². The van der Waals surface area contributed by atoms with Crippen LogP contribution in [-0.4, -0.2) is 63.1 Å². The molecule has 1 aromatic carbocycles. The van der Waals surface area contributed by atoms with E-state index in [1.165, 1.54) is 14.0 Å². The molecule has 3 heterocycles. The summed E-state index contributed by atoms with van der Waals surface area (Å²) in [6.45, 7) is 12.9. The number of aromatic nitrogens is 2. The van der Waals surface area contributed by atoms with E-state index in [0.29, 0.717) is 17.1 Å². The van der Waals surface area contributed by atoms with Crippen LogP contribution in [0.4, 0.5) is 17.2 Å². The molecule has 1 aliphatic carbocycles. The van der Waals surface area contributed by atoms with Crippen LogP contribution in [0.3, 0.4) is 0 Å². The highest BCUT2D eigenvalue weighted by Crippen LogP contribution is 2.60. The first-order chi connectivity index (χ1) is 18.5. The van der Waals surface area contributed by atoms with Gasteiger partial charge >= 0.3 is 12.0 Å². The predicted octanol–water partition coefficient (Wildman–Crippen LogP) is 4.15. The second-order valence-corrected chi connectivity index (χ2v) is 13.4. The Morgan fingerprint density at radius 1 is 1.12 bits per heavy atom. The molecule has 1 fully saturated rings. The number of aliphatic imine (C=N–C) groups is 1. The van der Waals surface area contributed by atoms with Crippen molar-refractivity contribution in [1.29, 1.82) is 0 Å². The minimum Gasteiger partial charge on any atom is -0.470 e. The van der Waals surface area contributed by atoms with Gasteiger partial charge < -0.3 is 30.0 Å². The summed E-state index contributed by atoms with van der Waals surface area (Å²) in [7, 11) is 1.27. The summed E-state index contributed by atoms with van der Waals surface area (Å²) in [5.41, 5.74) is -3.36. The average molecular weight is 617 g/mol. The van der Waals surface area contributed by atoms with Crippen LogP contribution in [0.1, 0.15) is 54.0 Å². The number of carbonyl (C=O) groups excluding carboxylic acids is 2. The predicted molar refractivity (Wildman–Crippen MR) is 152 cm³/mol. The number of fused-ring (bicyclic) bond motifs is 4. The Morgan fingerprint density at radius 2 is 1.80 bits per heavy atom. The summed E-state index contributed by atoms with van der Waals surface area (Å²) < 4.78 is 18.1. The number of amides is 1. The zero-order chi connectivity index (χ0) is 29.4. The van der Waals surface area contributed by atoms with Gasteiger partial charge in [0, 0.05) is 22.6 Å². The Bertz CT molecular complexity index is 1440. The van der Waals surface area contributed by atoms with Crippen molar-refractivity contribution in [2.75, 3.05) is 24.3 Å². The maximum atomic E-state index is 13.9. The molecule has 1 saturated carbocycles. The molecule has 3 aliphatic rings. The zero-order valence-corrected chi connectivity index (χ0v) is 25.4. The van der Waals surface area contributed by atoms with Gasteiger partial charge in [-0.15, -0.1) is 0 Å². The van der Waals surface area contributed by atoms with E-state index in [2.05, 4.69) is 36.5 Å². The molecule has 40 heavy (non-hydrogen) atoms. The highest BCUT2D eigenvalue weighted by molar-refractivity contribution is 9.10. The first kappa shape index (κ1) is 28.3. The van der Waals surface area contributed by atoms with E-state index in [1.807, 2.05) is 41.5 Å². The molecule has 11 nitrogen and oxygen atoms in total. The molecule has 3 N–H and O–H groups in total. The number of aliphatic hydroxyl groups is 1. The fourth-order valence-electron chi connectivity index (χ4n) is 5.95. The van der Waals surface area contributed by atoms with E-state index in [1.54, 1.807) is 18.2 Å². The third kappa shape index (κ3) is 4.32. The molecule has 0 unspecified atom stereocenters. The van der Waals surface area contributed by atoms with Gasteiger partial charge in [-0.25, -0.2) is 4.99 Å². The van der Waals surface area contributed by atoms with Crippen LogP contribution in [0.25, 0.3) is 0 Å². The molecule has 4 atom stereocenters. The number of anilines is 2. The van der Waals surface area contributed by atoms with E-state index in [4.69, 9.17) is 19.2 Å². The van der Waals surface area contributed by atoms with E-state index < -0.39 is 45.9 Å². The summed E-state index contributed by atoms with van der Waals surface area (Å²) >= 11 is 3.44. The van der Waals surface area contributed by atoms with Crippen LogP contribution in [0.15, 0.2) is 27.7 Å². The Morgan fingerprint density at radius 3 is 2.42 bits per heavy atom. The third-order valence-corrected chi connectivity index (χ3v) is 7.80. The fraction of sp³-hybridized carbons (Fsp3) is 0.536. The van der Waals surface area contributed by atoms with E-state index in [-0.39, 0.29) is 29.8 Å². The molecule has 2 aromatic rings. The molecule has 1 spiro atoms. The van der Waals surface area contributed by atoms with Gasteiger partial charge in [0.15, 0.2) is 11.5 Å². The number of nitrogens with one attached hydrogen (secondary N) is 2. The molecule has 1 aromatic heterocycles. The van der Waals surface area contributed by atoms with Crippen molar-refractivity contribution >= 4 is 50.7 Å². The average Bonchev–Trinajstić information content (AvgIpc) is 3.09. The number of methoxy groups -OCH3 is 1. The molecule has 0 radical (unpaired) electrons. The van der Waals surface area contributed by atoms with Gasteiger partial charge in [-0.2, -0.15) is 9.97 Å². The number of ether oxygens (including phenoxy) is 3. The molecular formula is C28H34BrN5O6. The summed E-state index contributed by atoms with van der Waals surface area (Å²) in [5, 5.41) is 18.5. The van der Waals surface area contributed by atoms with Crippen molar-refractivity contribution in [3.8, 4) is 11.9 Å². The highest BCUT2D eigenvalue weighted by Gasteiger charge is 2.74. The SMILES string of the molecule is COC(=O)[C@H]1[C@@H]2CNc3nc(OC(C)(C)C)nc(OC(C)(C)C)c3N=C2[C@](C)(O)[C@@]12C(=O)Nc1cc(Br)ccc12. The lowest BCUT2D eigenvalue weighted by Gasteiger charge is -2.37. The summed E-state index contributed by atoms with van der Waals surface area (Å²) in [6, 6.07) is 5.35. The van der Waals surface area contributed by atoms with Gasteiger partial charge in [0.05, 0.1) is 18.7 Å². The summed E-state index contributed by atoms with van der Waals surface area (Å²) in [6.07, 6.45) is 0. The first-order valence-corrected chi connectivity index (χ1v) is 13.8. The Labute approximate surface area is 241 Å². The van der Waals surface area contributed by atoms with Gasteiger partial charge in [0.25, 0.3) is 0 Å². The van der Waals surface area contributed by atoms with Gasteiger partial charge in [-0.1, -0.05) is 22.0 Å². The van der Waals surface area contributed by atoms with Crippen LogP contribution in [0.2, 0.25) is 0 Å². The molecule has 1 amide bonds. The lowest BCUT2D eigenvalue weighted by Crippen LogP contribution is -2.57. The van der Waals surface area contributed by atoms with Gasteiger partial charge in [-0.3, -0.25) is 9.59 Å². The molecule has 2 aliphatic heterocycles. The van der Waals surface area contributed by atoms with Crippen LogP contribution < -0.4 is 20.1 Å². The van der Waals surface area contributed by atoms with Crippen LogP contribution in [0.5, 0.6) is 11.9 Å². The number of esters is 1. The third-order valence-electron chi connectivity index (χ3n) is 7.31. The number of halogens is 1. The maximum absolute atomic E-state index is 13.9. The number of benzene rings is 1. The number of hydrogen-bond donors (Lipinski definition) is 3. The number of nitrogens with zero attached hydrogens (tertiary/aromatic N) is 3. The van der Waals surface area contributed by atoms with Gasteiger partial charge in [0.1, 0.15) is 22.2 Å². The zero-order valence-electron chi connectivity index (χ0n) is 23.8. The fourth-order valence-corrected chi connectivity index (χ4v) is 6.31. The Hall–Kier alpha value is -3.25. The van der Waals surface area contributed by atoms with Crippen LogP contribution in [0, 0.1) is 11.8 Å². The second-order valence-electron chi connectivity index (χ2n) is 12.4. The quantitative estimate of drug-likeness (QED) is 0.433. The molecule has 0 bridgehead atoms. The van der Waals surface area contributed by atoms with Crippen molar-refractivity contribution < 1.29 is 28.9 Å². The molecule has 214 valence electrons. The van der Waals surface area contributed by atoms with Crippen LogP contribution in [-0.2, 0) is 19.7 Å². The van der Waals surface area contributed by atoms with Crippen molar-refractivity contribution in [3.63, 3.8) is 0 Å². The van der Waals surface area contributed by atoms with Crippen LogP contribution >= 0.6 is 15.9 Å². The van der Waals surface area contributed by atoms with E-state index >= 15 is 0 Å². The van der Waals surface area contributed by atoms with E-state index in [0.717, 1.165) is 4.47 Å². The van der Waals surface area contributed by atoms with Crippen molar-refractivity contribution in [2.24, 2.45) is 16.8 Å². The van der Waals surface area contributed by atoms with E-state index in [9.17, 15) is 14.7 Å². The smallest absolute Gasteiger partial charge is 0.322 e. The highest BCUT2D eigenvalue weighted by atomic mass is 79.9. The second kappa shape index (κ2) is 9.13. The molecule has 0 saturated heterocycles. The monoisotopic (exact) mass is 615 g/mol. The maximum Gasteiger partial charge on any atom is 0.322 e. The normalized spacial score (nSPS) is 27.1. The number of rotatable bonds is 3. The summed E-state index contributed by atoms with van der Waals surface area (Å²) in [5.74, 6) is -2.50. The Kier molecular flexibility index (Phi) is 6.46. The lowest BCUT2D eigenvalue weighted by atomic mass is 9.65. The standard InChI is InChI=1S/C28H34BrN5O6/c1-25(2,3)39-21-18-20(33-24(34-21)40-26(4,5)6)30-12-14-17(22(35)38-8)28(27(7,37)19(14)32-18)15-10-9-13(29)11-16(15)31-23(28)36/h9-11,14,17,37H,12H2,1-8H3,(H,31,36)(H,30,33,34)/t14-,17+,27-,28+/m0/s1. The minimum absolute atomic E-state index is 0.0904. The topological polar surface area (TPSA) is 144 Å². The van der Waals surface area contributed by atoms with Gasteiger partial charge in [0.2, 0.25) is 11.8 Å². The number of carbonyl (C=O) groups is 2. The van der Waals surface area contributed by atoms with Crippen molar-refractivity contribution in [2.45, 2.75) is 70.7 Å². The minimum atomic E-state index is -1.90. The molecule has 12 heteroatoms. The Balaban J connectivity index is 1.76. The summed E-state index contributed by atoms with van der Waals surface area (Å²) in [4.78, 5) is 41.4. The number of hydrogen-bond acceptors (Lipinski definition) is 10. The molecular weight excluding hydrogens is 582 g/mol. The van der Waals surface area contributed by atoms with Crippen molar-refractivity contribution in [3.05, 3.63) is 28.2 Å². The molecule has 5 rings (SSSR count). The van der Waals surface area contributed by atoms with Crippen molar-refractivity contribution in [1.82, 2.24) is 9.97 Å². The largest absolute Gasteiger partial charge is 0.470 e.